The molecule has 0 atom stereocenters. The molecule has 0 saturated carbocycles. The summed E-state index contributed by atoms with van der Waals surface area (Å²) in [7, 11) is -2.55. The summed E-state index contributed by atoms with van der Waals surface area (Å²) >= 11 is 9.07. The van der Waals surface area contributed by atoms with Gasteiger partial charge in [-0.15, -0.1) is 11.3 Å². The quantitative estimate of drug-likeness (QED) is 0.453. The van der Waals surface area contributed by atoms with E-state index in [9.17, 15) is 22.6 Å². The van der Waals surface area contributed by atoms with Crippen molar-refractivity contribution in [3.05, 3.63) is 67.0 Å². The van der Waals surface area contributed by atoms with Crippen molar-refractivity contribution in [3.63, 3.8) is 0 Å². The molecule has 2 aliphatic heterocycles. The van der Waals surface area contributed by atoms with Gasteiger partial charge < -0.3 is 4.90 Å². The number of hydrogen-bond acceptors (Lipinski definition) is 8. The maximum Gasteiger partial charge on any atom is 0.294 e. The summed E-state index contributed by atoms with van der Waals surface area (Å²) < 4.78 is 35.0. The number of nitrogens with zero attached hydrogens (tertiary/aromatic N) is 4. The molecule has 198 valence electrons. The highest BCUT2D eigenvalue weighted by atomic mass is 35.5. The first kappa shape index (κ1) is 26.7. The summed E-state index contributed by atoms with van der Waals surface area (Å²) in [6, 6.07) is 11.4. The first-order valence-corrected chi connectivity index (χ1v) is 15.1. The largest absolute Gasteiger partial charge is 0.337 e. The molecule has 2 aromatic carbocycles. The minimum absolute atomic E-state index is 0.0705. The highest BCUT2D eigenvalue weighted by molar-refractivity contribution is 8.08. The summed E-state index contributed by atoms with van der Waals surface area (Å²) in [5, 5.41) is 6.22. The van der Waals surface area contributed by atoms with E-state index in [0.717, 1.165) is 45.6 Å². The van der Waals surface area contributed by atoms with E-state index in [1.807, 2.05) is 43.1 Å². The number of benzene rings is 2. The highest BCUT2D eigenvalue weighted by Crippen LogP contribution is 2.45. The lowest BCUT2D eigenvalue weighted by Crippen LogP contribution is -2.35. The van der Waals surface area contributed by atoms with E-state index in [4.69, 9.17) is 11.6 Å². The number of hydrazone groups is 1. The number of thiazole rings is 1. The average Bonchev–Trinajstić information content (AvgIpc) is 3.47. The lowest BCUT2D eigenvalue weighted by molar-refractivity contribution is -0.112. The second-order valence-corrected chi connectivity index (χ2v) is 12.6. The van der Waals surface area contributed by atoms with Crippen LogP contribution in [0.25, 0.3) is 10.6 Å². The van der Waals surface area contributed by atoms with Gasteiger partial charge in [0, 0.05) is 18.5 Å². The van der Waals surface area contributed by atoms with Crippen LogP contribution in [0.3, 0.4) is 0 Å². The predicted octanol–water partition coefficient (Wildman–Crippen LogP) is 3.49. The van der Waals surface area contributed by atoms with Gasteiger partial charge in [0.25, 0.3) is 21.6 Å². The number of carbonyl (C=O) groups is 1. The van der Waals surface area contributed by atoms with E-state index in [0.29, 0.717) is 21.5 Å². The molecule has 1 amide bonds. The van der Waals surface area contributed by atoms with Gasteiger partial charge >= 0.3 is 0 Å². The van der Waals surface area contributed by atoms with Gasteiger partial charge in [0.1, 0.15) is 14.2 Å². The normalized spacial score (nSPS) is 18.3. The molecule has 3 aromatic rings. The molecule has 0 unspecified atom stereocenters. The van der Waals surface area contributed by atoms with Crippen molar-refractivity contribution < 1.29 is 17.8 Å². The Morgan fingerprint density at radius 2 is 1.84 bits per heavy atom. The molecule has 0 radical (unpaired) electrons. The first-order valence-electron chi connectivity index (χ1n) is 11.7. The fraction of sp³-hybridized carbons (Fsp3) is 0.240. The Bertz CT molecular complexity index is 1810. The van der Waals surface area contributed by atoms with Crippen molar-refractivity contribution in [2.45, 2.75) is 43.0 Å². The van der Waals surface area contributed by atoms with E-state index in [1.165, 1.54) is 29.2 Å². The molecule has 5 rings (SSSR count). The Hall–Kier alpha value is -2.90. The van der Waals surface area contributed by atoms with Crippen molar-refractivity contribution >= 4 is 78.4 Å². The third-order valence-electron chi connectivity index (χ3n) is 6.23. The number of amides is 1. The average molecular weight is 591 g/mol. The van der Waals surface area contributed by atoms with E-state index in [-0.39, 0.29) is 21.8 Å². The minimum atomic E-state index is -4.47. The summed E-state index contributed by atoms with van der Waals surface area (Å²) in [6.45, 7) is 4.16. The zero-order chi connectivity index (χ0) is 27.4. The SMILES string of the molecule is CCCCn1c(=O)/c(=C2/Sc3ccccc3N2C)s/c1=C1/C(=O)N(c2ccc(S(=O)(=O)O)cc2Cl)N=C1C. The molecule has 0 bridgehead atoms. The Labute approximate surface area is 232 Å². The Morgan fingerprint density at radius 1 is 1.11 bits per heavy atom. The van der Waals surface area contributed by atoms with Crippen LogP contribution in [0, 0.1) is 0 Å². The minimum Gasteiger partial charge on any atom is -0.337 e. The summed E-state index contributed by atoms with van der Waals surface area (Å²) in [6.07, 6.45) is 1.62. The van der Waals surface area contributed by atoms with E-state index < -0.39 is 20.9 Å². The molecule has 38 heavy (non-hydrogen) atoms. The molecule has 0 spiro atoms. The van der Waals surface area contributed by atoms with Crippen molar-refractivity contribution in [1.29, 1.82) is 0 Å². The van der Waals surface area contributed by atoms with E-state index in [2.05, 4.69) is 5.10 Å². The number of para-hydroxylation sites is 1. The molecule has 3 heterocycles. The predicted molar refractivity (Wildman–Crippen MR) is 152 cm³/mol. The molecule has 13 heteroatoms. The van der Waals surface area contributed by atoms with Gasteiger partial charge in [-0.1, -0.05) is 48.8 Å². The van der Waals surface area contributed by atoms with Gasteiger partial charge in [0.2, 0.25) is 0 Å². The molecule has 0 fully saturated rings. The lowest BCUT2D eigenvalue weighted by Gasteiger charge is -2.14. The first-order chi connectivity index (χ1) is 18.0. The van der Waals surface area contributed by atoms with Crippen LogP contribution in [0.2, 0.25) is 5.02 Å². The van der Waals surface area contributed by atoms with Crippen LogP contribution in [0.15, 0.2) is 62.2 Å². The van der Waals surface area contributed by atoms with Crippen LogP contribution in [-0.4, -0.2) is 36.2 Å². The van der Waals surface area contributed by atoms with Gasteiger partial charge in [-0.25, -0.2) is 0 Å². The van der Waals surface area contributed by atoms with Crippen molar-refractivity contribution in [2.24, 2.45) is 5.10 Å². The number of carbonyl (C=O) groups excluding carboxylic acids is 1. The van der Waals surface area contributed by atoms with E-state index in [1.54, 1.807) is 11.5 Å². The topological polar surface area (TPSA) is 112 Å². The van der Waals surface area contributed by atoms with Gasteiger partial charge in [-0.05, 0) is 43.7 Å². The molecule has 1 aromatic heterocycles. The number of fused-ring (bicyclic) bond motifs is 1. The number of rotatable bonds is 5. The Balaban J connectivity index is 1.69. The number of unbranched alkanes of at least 4 members (excludes halogenated alkanes) is 1. The van der Waals surface area contributed by atoms with Crippen LogP contribution in [0.4, 0.5) is 11.4 Å². The zero-order valence-corrected chi connectivity index (χ0v) is 23.8. The maximum atomic E-state index is 13.7. The maximum absolute atomic E-state index is 13.7. The second kappa shape index (κ2) is 10.0. The monoisotopic (exact) mass is 590 g/mol. The van der Waals surface area contributed by atoms with Crippen molar-refractivity contribution in [3.8, 4) is 0 Å². The molecule has 9 nitrogen and oxygen atoms in total. The second-order valence-electron chi connectivity index (χ2n) is 8.75. The fourth-order valence-electron chi connectivity index (χ4n) is 4.29. The van der Waals surface area contributed by atoms with Gasteiger partial charge in [0.15, 0.2) is 0 Å². The zero-order valence-electron chi connectivity index (χ0n) is 20.6. The Kier molecular flexibility index (Phi) is 7.03. The molecular formula is C25H23ClN4O5S3. The number of anilines is 2. The Morgan fingerprint density at radius 3 is 2.50 bits per heavy atom. The van der Waals surface area contributed by atoms with Gasteiger partial charge in [-0.2, -0.15) is 18.5 Å². The molecular weight excluding hydrogens is 568 g/mol. The highest BCUT2D eigenvalue weighted by Gasteiger charge is 2.33. The van der Waals surface area contributed by atoms with Crippen LogP contribution >= 0.6 is 34.7 Å². The van der Waals surface area contributed by atoms with E-state index >= 15 is 0 Å². The van der Waals surface area contributed by atoms with Crippen molar-refractivity contribution in [2.75, 3.05) is 17.0 Å². The lowest BCUT2D eigenvalue weighted by atomic mass is 10.2. The van der Waals surface area contributed by atoms with Gasteiger partial charge in [-0.3, -0.25) is 18.7 Å². The third-order valence-corrected chi connectivity index (χ3v) is 9.94. The number of aromatic nitrogens is 1. The van der Waals surface area contributed by atoms with Crippen LogP contribution in [-0.2, 0) is 21.5 Å². The number of hydrogen-bond donors (Lipinski definition) is 1. The number of thioether (sulfide) groups is 1. The smallest absolute Gasteiger partial charge is 0.294 e. The molecule has 0 saturated heterocycles. The van der Waals surface area contributed by atoms with Crippen LogP contribution < -0.4 is 24.7 Å². The third kappa shape index (κ3) is 4.50. The fourth-order valence-corrected chi connectivity index (χ4v) is 7.69. The molecule has 2 aliphatic rings. The summed E-state index contributed by atoms with van der Waals surface area (Å²) in [5.41, 5.74) is 1.70. The molecule has 1 N–H and O–H groups in total. The molecule has 0 aliphatic carbocycles. The van der Waals surface area contributed by atoms with Crippen LogP contribution in [0.1, 0.15) is 26.7 Å². The van der Waals surface area contributed by atoms with Crippen LogP contribution in [0.5, 0.6) is 0 Å². The standard InChI is InChI=1S/C25H23ClN4O5S3/c1-4-5-12-29-23(32)21(25-28(3)18-8-6-7-9-19(18)36-25)37-24(29)20-14(2)27-30(22(20)31)17-11-10-15(13-16(17)26)38(33,34)35/h6-11,13H,4-5,12H2,1-3H3,(H,33,34,35)/b24-20+,25-21-. The number of halogens is 1. The summed E-state index contributed by atoms with van der Waals surface area (Å²) in [5.74, 6) is -0.484. The van der Waals surface area contributed by atoms with Gasteiger partial charge in [0.05, 0.1) is 32.6 Å². The summed E-state index contributed by atoms with van der Waals surface area (Å²) in [4.78, 5) is 30.0. The van der Waals surface area contributed by atoms with Crippen molar-refractivity contribution in [1.82, 2.24) is 4.57 Å².